The molecule has 0 radical (unpaired) electrons. The van der Waals surface area contributed by atoms with E-state index in [0.29, 0.717) is 17.9 Å². The highest BCUT2D eigenvalue weighted by atomic mass is 16.5. The van der Waals surface area contributed by atoms with Gasteiger partial charge in [0.2, 0.25) is 5.91 Å². The zero-order valence-electron chi connectivity index (χ0n) is 16.6. The van der Waals surface area contributed by atoms with Gasteiger partial charge < -0.3 is 9.47 Å². The predicted octanol–water partition coefficient (Wildman–Crippen LogP) is 5.07. The minimum absolute atomic E-state index is 0.0499. The van der Waals surface area contributed by atoms with Crippen molar-refractivity contribution in [3.05, 3.63) is 23.8 Å². The average Bonchev–Trinajstić information content (AvgIpc) is 2.66. The van der Waals surface area contributed by atoms with Gasteiger partial charge in [-0.2, -0.15) is 5.10 Å². The molecule has 1 aromatic carbocycles. The molecule has 1 amide bonds. The van der Waals surface area contributed by atoms with Gasteiger partial charge in [0.05, 0.1) is 20.4 Å². The molecule has 0 aliphatic rings. The Kier molecular flexibility index (Phi) is 12.0. The number of hydrazone groups is 1. The van der Waals surface area contributed by atoms with E-state index < -0.39 is 0 Å². The van der Waals surface area contributed by atoms with Crippen molar-refractivity contribution in [2.24, 2.45) is 5.10 Å². The van der Waals surface area contributed by atoms with Crippen molar-refractivity contribution < 1.29 is 14.3 Å². The summed E-state index contributed by atoms with van der Waals surface area (Å²) in [6.45, 7) is 2.24. The zero-order chi connectivity index (χ0) is 19.0. The first-order valence-corrected chi connectivity index (χ1v) is 9.75. The second-order valence-corrected chi connectivity index (χ2v) is 6.48. The van der Waals surface area contributed by atoms with E-state index in [4.69, 9.17) is 9.47 Å². The van der Waals surface area contributed by atoms with E-state index in [0.717, 1.165) is 18.4 Å². The van der Waals surface area contributed by atoms with E-state index in [2.05, 4.69) is 17.5 Å². The Hall–Kier alpha value is -2.04. The number of nitrogens with one attached hydrogen (secondary N) is 1. The van der Waals surface area contributed by atoms with Gasteiger partial charge in [0.25, 0.3) is 0 Å². The first kappa shape index (κ1) is 22.0. The molecular formula is C21H34N2O3. The summed E-state index contributed by atoms with van der Waals surface area (Å²) in [6, 6.07) is 5.44. The lowest BCUT2D eigenvalue weighted by molar-refractivity contribution is -0.121. The normalized spacial score (nSPS) is 10.9. The fraction of sp³-hybridized carbons (Fsp3) is 0.619. The van der Waals surface area contributed by atoms with Crippen LogP contribution in [-0.4, -0.2) is 26.3 Å². The summed E-state index contributed by atoms with van der Waals surface area (Å²) in [4.78, 5) is 11.8. The molecule has 0 aromatic heterocycles. The molecule has 1 N–H and O–H groups in total. The molecule has 0 unspecified atom stereocenters. The number of hydrogen-bond acceptors (Lipinski definition) is 4. The van der Waals surface area contributed by atoms with Crippen LogP contribution in [0.3, 0.4) is 0 Å². The molecule has 5 nitrogen and oxygen atoms in total. The fourth-order valence-corrected chi connectivity index (χ4v) is 2.77. The Morgan fingerprint density at radius 3 is 2.27 bits per heavy atom. The van der Waals surface area contributed by atoms with Crippen molar-refractivity contribution in [3.8, 4) is 11.5 Å². The summed E-state index contributed by atoms with van der Waals surface area (Å²) < 4.78 is 10.5. The maximum Gasteiger partial charge on any atom is 0.240 e. The number of amides is 1. The van der Waals surface area contributed by atoms with Crippen LogP contribution in [0.4, 0.5) is 0 Å². The minimum Gasteiger partial charge on any atom is -0.497 e. The maximum atomic E-state index is 11.8. The van der Waals surface area contributed by atoms with E-state index in [9.17, 15) is 4.79 Å². The van der Waals surface area contributed by atoms with Gasteiger partial charge in [0, 0.05) is 12.0 Å². The number of hydrogen-bond donors (Lipinski definition) is 1. The van der Waals surface area contributed by atoms with Crippen molar-refractivity contribution in [2.45, 2.75) is 71.1 Å². The summed E-state index contributed by atoms with van der Waals surface area (Å²) in [5, 5.41) is 4.02. The molecule has 5 heteroatoms. The molecule has 0 saturated heterocycles. The van der Waals surface area contributed by atoms with Crippen LogP contribution < -0.4 is 14.9 Å². The second kappa shape index (κ2) is 14.2. The van der Waals surface area contributed by atoms with Crippen molar-refractivity contribution in [2.75, 3.05) is 14.2 Å². The number of unbranched alkanes of at least 4 members (excludes halogenated alkanes) is 8. The van der Waals surface area contributed by atoms with Crippen molar-refractivity contribution >= 4 is 12.1 Å². The van der Waals surface area contributed by atoms with Crippen LogP contribution in [0.2, 0.25) is 0 Å². The summed E-state index contributed by atoms with van der Waals surface area (Å²) in [5.74, 6) is 1.35. The number of carbonyl (C=O) groups excluding carboxylic acids is 1. The van der Waals surface area contributed by atoms with Gasteiger partial charge in [-0.15, -0.1) is 0 Å². The summed E-state index contributed by atoms with van der Waals surface area (Å²) in [7, 11) is 3.21. The lowest BCUT2D eigenvalue weighted by Crippen LogP contribution is -2.17. The zero-order valence-corrected chi connectivity index (χ0v) is 16.6. The third kappa shape index (κ3) is 9.44. The molecular weight excluding hydrogens is 328 g/mol. The maximum absolute atomic E-state index is 11.8. The highest BCUT2D eigenvalue weighted by Gasteiger charge is 2.03. The topological polar surface area (TPSA) is 59.9 Å². The molecule has 1 rings (SSSR count). The Balaban J connectivity index is 2.19. The van der Waals surface area contributed by atoms with Crippen LogP contribution in [0.5, 0.6) is 11.5 Å². The Morgan fingerprint density at radius 1 is 1.00 bits per heavy atom. The van der Waals surface area contributed by atoms with Gasteiger partial charge in [0.15, 0.2) is 0 Å². The van der Waals surface area contributed by atoms with Gasteiger partial charge in [-0.1, -0.05) is 58.3 Å². The Morgan fingerprint density at radius 2 is 1.65 bits per heavy atom. The molecule has 146 valence electrons. The van der Waals surface area contributed by atoms with Gasteiger partial charge in [-0.05, 0) is 24.6 Å². The van der Waals surface area contributed by atoms with Crippen molar-refractivity contribution in [1.29, 1.82) is 0 Å². The van der Waals surface area contributed by atoms with Crippen LogP contribution in [0.25, 0.3) is 0 Å². The molecule has 26 heavy (non-hydrogen) atoms. The van der Waals surface area contributed by atoms with Crippen LogP contribution in [0.15, 0.2) is 23.3 Å². The molecule has 1 aromatic rings. The molecule has 0 aliphatic carbocycles. The second-order valence-electron chi connectivity index (χ2n) is 6.48. The third-order valence-electron chi connectivity index (χ3n) is 4.34. The number of nitrogens with zero attached hydrogens (tertiary/aromatic N) is 1. The molecule has 0 fully saturated rings. The van der Waals surface area contributed by atoms with Gasteiger partial charge in [0.1, 0.15) is 11.5 Å². The molecule has 0 bridgehead atoms. The average molecular weight is 363 g/mol. The number of methoxy groups -OCH3 is 2. The molecule has 0 aliphatic heterocycles. The largest absolute Gasteiger partial charge is 0.497 e. The van der Waals surface area contributed by atoms with Gasteiger partial charge >= 0.3 is 0 Å². The van der Waals surface area contributed by atoms with E-state index in [-0.39, 0.29) is 5.91 Å². The first-order chi connectivity index (χ1) is 12.7. The standard InChI is InChI=1S/C21H34N2O3/c1-4-5-6-7-8-9-10-11-12-13-21(24)23-22-17-18-16-19(25-2)14-15-20(18)26-3/h14-17H,4-13H2,1-3H3,(H,23,24). The Bertz CT molecular complexity index is 544. The Labute approximate surface area is 158 Å². The van der Waals surface area contributed by atoms with E-state index in [1.807, 2.05) is 18.2 Å². The smallest absolute Gasteiger partial charge is 0.240 e. The predicted molar refractivity (Wildman–Crippen MR) is 107 cm³/mol. The molecule has 0 atom stereocenters. The van der Waals surface area contributed by atoms with Crippen LogP contribution in [-0.2, 0) is 4.79 Å². The molecule has 0 heterocycles. The monoisotopic (exact) mass is 362 g/mol. The number of carbonyl (C=O) groups is 1. The van der Waals surface area contributed by atoms with Crippen molar-refractivity contribution in [1.82, 2.24) is 5.43 Å². The van der Waals surface area contributed by atoms with Crippen LogP contribution in [0.1, 0.15) is 76.7 Å². The van der Waals surface area contributed by atoms with Crippen LogP contribution in [0, 0.1) is 0 Å². The number of ether oxygens (including phenoxy) is 2. The quantitative estimate of drug-likeness (QED) is 0.285. The van der Waals surface area contributed by atoms with Crippen molar-refractivity contribution in [3.63, 3.8) is 0 Å². The molecule has 0 spiro atoms. The highest BCUT2D eigenvalue weighted by molar-refractivity contribution is 5.85. The van der Waals surface area contributed by atoms with E-state index >= 15 is 0 Å². The van der Waals surface area contributed by atoms with E-state index in [1.54, 1.807) is 20.4 Å². The minimum atomic E-state index is -0.0499. The lowest BCUT2D eigenvalue weighted by atomic mass is 10.1. The first-order valence-electron chi connectivity index (χ1n) is 9.75. The van der Waals surface area contributed by atoms with Gasteiger partial charge in [-0.3, -0.25) is 4.79 Å². The highest BCUT2D eigenvalue weighted by Crippen LogP contribution is 2.22. The SMILES string of the molecule is CCCCCCCCCCCC(=O)NN=Cc1cc(OC)ccc1OC. The lowest BCUT2D eigenvalue weighted by Gasteiger charge is -2.06. The molecule has 0 saturated carbocycles. The summed E-state index contributed by atoms with van der Waals surface area (Å²) in [5.41, 5.74) is 3.34. The third-order valence-corrected chi connectivity index (χ3v) is 4.34. The van der Waals surface area contributed by atoms with Gasteiger partial charge in [-0.25, -0.2) is 5.43 Å². The summed E-state index contributed by atoms with van der Waals surface area (Å²) >= 11 is 0. The summed E-state index contributed by atoms with van der Waals surface area (Å²) in [6.07, 6.45) is 13.3. The number of rotatable bonds is 14. The fourth-order valence-electron chi connectivity index (χ4n) is 2.77. The number of benzene rings is 1. The van der Waals surface area contributed by atoms with E-state index in [1.165, 1.54) is 44.9 Å². The van der Waals surface area contributed by atoms with Crippen LogP contribution >= 0.6 is 0 Å².